The summed E-state index contributed by atoms with van der Waals surface area (Å²) in [5.41, 5.74) is 0.444. The number of hydrogen-bond acceptors (Lipinski definition) is 4. The van der Waals surface area contributed by atoms with Gasteiger partial charge in [0.15, 0.2) is 5.96 Å². The molecule has 176 valence electrons. The highest BCUT2D eigenvalue weighted by atomic mass is 127. The summed E-state index contributed by atoms with van der Waals surface area (Å²) in [6.45, 7) is 11.1. The molecule has 2 rings (SSSR count). The van der Waals surface area contributed by atoms with E-state index < -0.39 is 11.7 Å². The monoisotopic (exact) mass is 546 g/mol. The van der Waals surface area contributed by atoms with Crippen molar-refractivity contribution in [2.75, 3.05) is 32.7 Å². The van der Waals surface area contributed by atoms with E-state index >= 15 is 0 Å². The molecule has 7 nitrogen and oxygen atoms in total. The van der Waals surface area contributed by atoms with Crippen molar-refractivity contribution in [3.05, 3.63) is 35.9 Å². The smallest absolute Gasteiger partial charge is 0.410 e. The summed E-state index contributed by atoms with van der Waals surface area (Å²) in [6, 6.07) is 9.68. The highest BCUT2D eigenvalue weighted by molar-refractivity contribution is 14.0. The van der Waals surface area contributed by atoms with Crippen molar-refractivity contribution in [3.63, 3.8) is 0 Å². The van der Waals surface area contributed by atoms with E-state index in [0.29, 0.717) is 32.0 Å². The van der Waals surface area contributed by atoms with Gasteiger partial charge in [-0.15, -0.1) is 24.0 Å². The number of amides is 1. The number of piperidine rings is 1. The van der Waals surface area contributed by atoms with Crippen LogP contribution in [0, 0.1) is 5.92 Å². The van der Waals surface area contributed by atoms with E-state index in [1.807, 2.05) is 58.0 Å². The van der Waals surface area contributed by atoms with Crippen LogP contribution < -0.4 is 10.6 Å². The van der Waals surface area contributed by atoms with Crippen molar-refractivity contribution in [1.82, 2.24) is 15.5 Å². The van der Waals surface area contributed by atoms with Gasteiger partial charge >= 0.3 is 6.09 Å². The number of carbonyl (C=O) groups excluding carboxylic acids is 1. The topological polar surface area (TPSA) is 86.2 Å². The molecule has 1 aromatic rings. The second kappa shape index (κ2) is 13.8. The molecule has 1 aliphatic rings. The zero-order valence-electron chi connectivity index (χ0n) is 19.3. The van der Waals surface area contributed by atoms with Gasteiger partial charge in [0, 0.05) is 32.7 Å². The Hall–Kier alpha value is -1.55. The van der Waals surface area contributed by atoms with Crippen LogP contribution in [0.2, 0.25) is 0 Å². The van der Waals surface area contributed by atoms with Crippen LogP contribution in [0.5, 0.6) is 0 Å². The van der Waals surface area contributed by atoms with E-state index in [1.165, 1.54) is 0 Å². The molecular formula is C23H39IN4O3. The standard InChI is InChI=1S/C23H38N4O3.HI/c1-5-24-21(25-14-13-20(28)19-11-7-6-8-12-19)26-16-18-10-9-15-27(17-18)22(29)30-23(2,3)4;/h6-8,11-12,18,20,28H,5,9-10,13-17H2,1-4H3,(H2,24,25,26);1H. The molecule has 0 bridgehead atoms. The summed E-state index contributed by atoms with van der Waals surface area (Å²) in [4.78, 5) is 18.8. The van der Waals surface area contributed by atoms with Crippen molar-refractivity contribution in [3.8, 4) is 0 Å². The molecule has 8 heteroatoms. The van der Waals surface area contributed by atoms with Crippen molar-refractivity contribution in [2.45, 2.75) is 58.7 Å². The summed E-state index contributed by atoms with van der Waals surface area (Å²) in [6.07, 6.45) is 1.88. The minimum atomic E-state index is -0.498. The van der Waals surface area contributed by atoms with Crippen molar-refractivity contribution >= 4 is 36.0 Å². The molecule has 1 aromatic carbocycles. The molecule has 0 aromatic heterocycles. The van der Waals surface area contributed by atoms with Crippen molar-refractivity contribution in [1.29, 1.82) is 0 Å². The second-order valence-electron chi connectivity index (χ2n) is 8.80. The lowest BCUT2D eigenvalue weighted by Crippen LogP contribution is -2.44. The van der Waals surface area contributed by atoms with Crippen LogP contribution >= 0.6 is 24.0 Å². The molecule has 0 saturated carbocycles. The number of carbonyl (C=O) groups is 1. The molecule has 1 fully saturated rings. The molecule has 1 heterocycles. The number of likely N-dealkylation sites (tertiary alicyclic amines) is 1. The van der Waals surface area contributed by atoms with Gasteiger partial charge in [0.25, 0.3) is 0 Å². The highest BCUT2D eigenvalue weighted by Gasteiger charge is 2.27. The van der Waals surface area contributed by atoms with Crippen LogP contribution in [0.4, 0.5) is 4.79 Å². The third-order valence-corrected chi connectivity index (χ3v) is 4.92. The second-order valence-corrected chi connectivity index (χ2v) is 8.80. The van der Waals surface area contributed by atoms with Gasteiger partial charge in [-0.3, -0.25) is 4.99 Å². The molecule has 1 saturated heterocycles. The molecular weight excluding hydrogens is 507 g/mol. The van der Waals surface area contributed by atoms with Crippen molar-refractivity contribution < 1.29 is 14.6 Å². The summed E-state index contributed by atoms with van der Waals surface area (Å²) >= 11 is 0. The maximum absolute atomic E-state index is 12.3. The molecule has 3 N–H and O–H groups in total. The fourth-order valence-electron chi connectivity index (χ4n) is 3.44. The van der Waals surface area contributed by atoms with Crippen LogP contribution in [-0.4, -0.2) is 60.4 Å². The van der Waals surface area contributed by atoms with Crippen LogP contribution in [0.1, 0.15) is 58.6 Å². The van der Waals surface area contributed by atoms with Gasteiger partial charge in [0.2, 0.25) is 0 Å². The summed E-state index contributed by atoms with van der Waals surface area (Å²) in [5.74, 6) is 1.06. The number of aliphatic hydroxyl groups is 1. The Labute approximate surface area is 204 Å². The fourth-order valence-corrected chi connectivity index (χ4v) is 3.44. The number of nitrogens with one attached hydrogen (secondary N) is 2. The summed E-state index contributed by atoms with van der Waals surface area (Å²) in [7, 11) is 0. The predicted molar refractivity (Wildman–Crippen MR) is 136 cm³/mol. The number of rotatable bonds is 7. The Morgan fingerprint density at radius 2 is 2.00 bits per heavy atom. The molecule has 0 radical (unpaired) electrons. The van der Waals surface area contributed by atoms with E-state index in [1.54, 1.807) is 4.90 Å². The zero-order chi connectivity index (χ0) is 22.0. The van der Waals surface area contributed by atoms with Crippen LogP contribution in [0.15, 0.2) is 35.3 Å². The quantitative estimate of drug-likeness (QED) is 0.274. The molecule has 0 spiro atoms. The number of ether oxygens (including phenoxy) is 1. The molecule has 31 heavy (non-hydrogen) atoms. The summed E-state index contributed by atoms with van der Waals surface area (Å²) < 4.78 is 5.50. The Bertz CT molecular complexity index is 679. The Kier molecular flexibility index (Phi) is 12.2. The largest absolute Gasteiger partial charge is 0.444 e. The van der Waals surface area contributed by atoms with Gasteiger partial charge in [-0.1, -0.05) is 30.3 Å². The van der Waals surface area contributed by atoms with E-state index in [9.17, 15) is 9.90 Å². The van der Waals surface area contributed by atoms with E-state index in [4.69, 9.17) is 9.73 Å². The maximum Gasteiger partial charge on any atom is 0.410 e. The number of aliphatic imine (C=N–C) groups is 1. The Morgan fingerprint density at radius 1 is 1.29 bits per heavy atom. The summed E-state index contributed by atoms with van der Waals surface area (Å²) in [5, 5.41) is 16.9. The molecule has 1 amide bonds. The number of halogens is 1. The van der Waals surface area contributed by atoms with E-state index in [2.05, 4.69) is 10.6 Å². The third kappa shape index (κ3) is 10.5. The van der Waals surface area contributed by atoms with Crippen LogP contribution in [-0.2, 0) is 4.74 Å². The number of aliphatic hydroxyl groups excluding tert-OH is 1. The van der Waals surface area contributed by atoms with Crippen LogP contribution in [0.3, 0.4) is 0 Å². The number of benzene rings is 1. The fraction of sp³-hybridized carbons (Fsp3) is 0.652. The molecule has 2 unspecified atom stereocenters. The molecule has 2 atom stereocenters. The number of guanidine groups is 1. The first kappa shape index (κ1) is 27.5. The third-order valence-electron chi connectivity index (χ3n) is 4.92. The lowest BCUT2D eigenvalue weighted by molar-refractivity contribution is 0.0170. The minimum absolute atomic E-state index is 0. The highest BCUT2D eigenvalue weighted by Crippen LogP contribution is 2.20. The normalized spacial score (nSPS) is 18.0. The Morgan fingerprint density at radius 3 is 2.65 bits per heavy atom. The Balaban J connectivity index is 0.00000480. The maximum atomic E-state index is 12.3. The number of nitrogens with zero attached hydrogens (tertiary/aromatic N) is 2. The predicted octanol–water partition coefficient (Wildman–Crippen LogP) is 3.93. The first-order valence-corrected chi connectivity index (χ1v) is 11.0. The van der Waals surface area contributed by atoms with Crippen LogP contribution in [0.25, 0.3) is 0 Å². The molecule has 0 aliphatic carbocycles. The minimum Gasteiger partial charge on any atom is -0.444 e. The first-order chi connectivity index (χ1) is 14.3. The average molecular weight is 546 g/mol. The lowest BCUT2D eigenvalue weighted by Gasteiger charge is -2.33. The van der Waals surface area contributed by atoms with Gasteiger partial charge in [0.1, 0.15) is 5.60 Å². The van der Waals surface area contributed by atoms with Gasteiger partial charge < -0.3 is 25.4 Å². The zero-order valence-corrected chi connectivity index (χ0v) is 21.6. The van der Waals surface area contributed by atoms with E-state index in [0.717, 1.165) is 37.5 Å². The van der Waals surface area contributed by atoms with Gasteiger partial charge in [-0.25, -0.2) is 4.79 Å². The van der Waals surface area contributed by atoms with Gasteiger partial charge in [-0.05, 0) is 58.4 Å². The first-order valence-electron chi connectivity index (χ1n) is 11.0. The SMILES string of the molecule is CCNC(=NCC1CCCN(C(=O)OC(C)(C)C)C1)NCCC(O)c1ccccc1.I. The van der Waals surface area contributed by atoms with E-state index in [-0.39, 0.29) is 30.1 Å². The van der Waals surface area contributed by atoms with Gasteiger partial charge in [0.05, 0.1) is 6.10 Å². The average Bonchev–Trinajstić information content (AvgIpc) is 2.71. The molecule has 1 aliphatic heterocycles. The lowest BCUT2D eigenvalue weighted by atomic mass is 9.98. The number of hydrogen-bond donors (Lipinski definition) is 3. The van der Waals surface area contributed by atoms with Crippen molar-refractivity contribution in [2.24, 2.45) is 10.9 Å². The van der Waals surface area contributed by atoms with Gasteiger partial charge in [-0.2, -0.15) is 0 Å².